The lowest BCUT2D eigenvalue weighted by atomic mass is 10.1. The van der Waals surface area contributed by atoms with Crippen molar-refractivity contribution in [2.24, 2.45) is 0 Å². The molecule has 1 rings (SSSR count). The second kappa shape index (κ2) is 12.3. The van der Waals surface area contributed by atoms with E-state index in [0.717, 1.165) is 12.8 Å². The molecule has 6 heteroatoms. The molecule has 25 heavy (non-hydrogen) atoms. The van der Waals surface area contributed by atoms with Gasteiger partial charge in [-0.15, -0.1) is 0 Å². The van der Waals surface area contributed by atoms with Crippen LogP contribution < -0.4 is 4.74 Å². The predicted molar refractivity (Wildman–Crippen MR) is 95.0 cm³/mol. The second-order valence-electron chi connectivity index (χ2n) is 5.88. The zero-order chi connectivity index (χ0) is 18.5. The number of unbranched alkanes of at least 4 members (excludes halogenated alkanes) is 7. The highest BCUT2D eigenvalue weighted by atomic mass is 16.5. The Labute approximate surface area is 149 Å². The van der Waals surface area contributed by atoms with Crippen molar-refractivity contribution in [3.8, 4) is 5.75 Å². The van der Waals surface area contributed by atoms with Crippen LogP contribution in [0, 0.1) is 0 Å². The van der Waals surface area contributed by atoms with Gasteiger partial charge in [0, 0.05) is 12.1 Å². The monoisotopic (exact) mass is 351 g/mol. The summed E-state index contributed by atoms with van der Waals surface area (Å²) in [6.45, 7) is 2.74. The molecule has 1 heterocycles. The molecule has 6 nitrogen and oxygen atoms in total. The van der Waals surface area contributed by atoms with Crippen molar-refractivity contribution in [1.29, 1.82) is 0 Å². The molecule has 0 N–H and O–H groups in total. The lowest BCUT2D eigenvalue weighted by Gasteiger charge is -2.09. The molecular formula is C19H29NO5. The van der Waals surface area contributed by atoms with Crippen LogP contribution in [0.1, 0.15) is 79.3 Å². The molecule has 0 saturated heterocycles. The largest absolute Gasteiger partial charge is 0.493 e. The molecule has 0 amide bonds. The van der Waals surface area contributed by atoms with Gasteiger partial charge in [0.05, 0.1) is 20.8 Å². The third kappa shape index (κ3) is 8.01. The predicted octanol–water partition coefficient (Wildman–Crippen LogP) is 4.17. The number of esters is 2. The van der Waals surface area contributed by atoms with E-state index in [1.165, 1.54) is 64.9 Å². The Kier molecular flexibility index (Phi) is 10.3. The molecule has 0 aliphatic carbocycles. The first-order chi connectivity index (χ1) is 12.1. The summed E-state index contributed by atoms with van der Waals surface area (Å²) in [5, 5.41) is 0. The molecule has 0 aromatic carbocycles. The topological polar surface area (TPSA) is 74.7 Å². The minimum atomic E-state index is -0.623. The molecule has 0 radical (unpaired) electrons. The van der Waals surface area contributed by atoms with E-state index in [1.807, 2.05) is 0 Å². The second-order valence-corrected chi connectivity index (χ2v) is 5.88. The van der Waals surface area contributed by atoms with Crippen LogP contribution in [0.15, 0.2) is 12.1 Å². The number of hydrogen-bond acceptors (Lipinski definition) is 6. The van der Waals surface area contributed by atoms with Crippen molar-refractivity contribution in [3.63, 3.8) is 0 Å². The molecule has 0 aliphatic heterocycles. The maximum absolute atomic E-state index is 11.7. The van der Waals surface area contributed by atoms with E-state index >= 15 is 0 Å². The molecule has 0 aliphatic rings. The number of pyridine rings is 1. The van der Waals surface area contributed by atoms with E-state index in [2.05, 4.69) is 21.4 Å². The van der Waals surface area contributed by atoms with Crippen LogP contribution in [0.5, 0.6) is 5.75 Å². The van der Waals surface area contributed by atoms with Crippen LogP contribution in [0.25, 0.3) is 0 Å². The minimum absolute atomic E-state index is 0.0244. The average Bonchev–Trinajstić information content (AvgIpc) is 2.65. The quantitative estimate of drug-likeness (QED) is 0.415. The fraction of sp³-hybridized carbons (Fsp3) is 0.632. The smallest absolute Gasteiger partial charge is 0.356 e. The molecule has 0 spiro atoms. The van der Waals surface area contributed by atoms with Crippen LogP contribution in [-0.2, 0) is 9.47 Å². The summed E-state index contributed by atoms with van der Waals surface area (Å²) in [5.41, 5.74) is 0.0487. The van der Waals surface area contributed by atoms with E-state index < -0.39 is 11.9 Å². The Morgan fingerprint density at radius 1 is 0.840 bits per heavy atom. The normalized spacial score (nSPS) is 10.4. The van der Waals surface area contributed by atoms with Crippen molar-refractivity contribution >= 4 is 11.9 Å². The highest BCUT2D eigenvalue weighted by Crippen LogP contribution is 2.17. The number of carbonyl (C=O) groups excluding carboxylic acids is 2. The Bertz CT molecular complexity index is 510. The van der Waals surface area contributed by atoms with Gasteiger partial charge in [0.15, 0.2) is 11.4 Å². The van der Waals surface area contributed by atoms with E-state index in [1.54, 1.807) is 0 Å². The molecule has 0 unspecified atom stereocenters. The first kappa shape index (κ1) is 20.9. The van der Waals surface area contributed by atoms with Crippen molar-refractivity contribution in [2.45, 2.75) is 58.3 Å². The van der Waals surface area contributed by atoms with Crippen molar-refractivity contribution in [3.05, 3.63) is 23.5 Å². The van der Waals surface area contributed by atoms with Crippen molar-refractivity contribution < 1.29 is 23.8 Å². The van der Waals surface area contributed by atoms with Gasteiger partial charge >= 0.3 is 11.9 Å². The van der Waals surface area contributed by atoms with Gasteiger partial charge in [0.25, 0.3) is 0 Å². The molecule has 1 aromatic heterocycles. The lowest BCUT2D eigenvalue weighted by molar-refractivity contribution is 0.0584. The first-order valence-electron chi connectivity index (χ1n) is 8.93. The molecular weight excluding hydrogens is 322 g/mol. The highest BCUT2D eigenvalue weighted by Gasteiger charge is 2.16. The van der Waals surface area contributed by atoms with Gasteiger partial charge in [-0.2, -0.15) is 0 Å². The van der Waals surface area contributed by atoms with E-state index in [9.17, 15) is 9.59 Å². The van der Waals surface area contributed by atoms with Gasteiger partial charge in [-0.25, -0.2) is 14.6 Å². The van der Waals surface area contributed by atoms with Gasteiger partial charge in [-0.3, -0.25) is 0 Å². The number of ether oxygens (including phenoxy) is 3. The summed E-state index contributed by atoms with van der Waals surface area (Å²) >= 11 is 0. The van der Waals surface area contributed by atoms with Gasteiger partial charge in [0.1, 0.15) is 5.75 Å². The summed E-state index contributed by atoms with van der Waals surface area (Å²) in [4.78, 5) is 27.3. The van der Waals surface area contributed by atoms with Gasteiger partial charge in [0.2, 0.25) is 0 Å². The Morgan fingerprint density at radius 2 is 1.32 bits per heavy atom. The zero-order valence-electron chi connectivity index (χ0n) is 15.5. The number of hydrogen-bond donors (Lipinski definition) is 0. The van der Waals surface area contributed by atoms with Crippen LogP contribution in [0.2, 0.25) is 0 Å². The summed E-state index contributed by atoms with van der Waals surface area (Å²) in [6, 6.07) is 2.95. The Balaban J connectivity index is 2.46. The zero-order valence-corrected chi connectivity index (χ0v) is 15.5. The summed E-state index contributed by atoms with van der Waals surface area (Å²) < 4.78 is 15.0. The molecule has 140 valence electrons. The molecule has 0 fully saturated rings. The molecule has 0 saturated carbocycles. The van der Waals surface area contributed by atoms with Crippen molar-refractivity contribution in [2.75, 3.05) is 20.8 Å². The SMILES string of the molecule is CCCCCCCCCCOc1cc(C(=O)OC)nc(C(=O)OC)c1. The van der Waals surface area contributed by atoms with E-state index in [-0.39, 0.29) is 11.4 Å². The third-order valence-corrected chi connectivity index (χ3v) is 3.85. The number of aromatic nitrogens is 1. The number of nitrogens with zero attached hydrogens (tertiary/aromatic N) is 1. The van der Waals surface area contributed by atoms with Crippen LogP contribution in [0.4, 0.5) is 0 Å². The van der Waals surface area contributed by atoms with Crippen LogP contribution in [-0.4, -0.2) is 37.7 Å². The first-order valence-corrected chi connectivity index (χ1v) is 8.93. The average molecular weight is 351 g/mol. The van der Waals surface area contributed by atoms with Gasteiger partial charge < -0.3 is 14.2 Å². The number of methoxy groups -OCH3 is 2. The van der Waals surface area contributed by atoms with E-state index in [0.29, 0.717) is 12.4 Å². The summed E-state index contributed by atoms with van der Waals surface area (Å²) in [7, 11) is 2.52. The Hall–Kier alpha value is -2.11. The number of rotatable bonds is 12. The van der Waals surface area contributed by atoms with Gasteiger partial charge in [-0.1, -0.05) is 51.9 Å². The highest BCUT2D eigenvalue weighted by molar-refractivity contribution is 5.92. The summed E-state index contributed by atoms with van der Waals surface area (Å²) in [6.07, 6.45) is 9.68. The lowest BCUT2D eigenvalue weighted by Crippen LogP contribution is -2.12. The molecule has 1 aromatic rings. The Morgan fingerprint density at radius 3 is 1.80 bits per heavy atom. The van der Waals surface area contributed by atoms with E-state index in [4.69, 9.17) is 4.74 Å². The maximum Gasteiger partial charge on any atom is 0.356 e. The minimum Gasteiger partial charge on any atom is -0.493 e. The van der Waals surface area contributed by atoms with Crippen LogP contribution >= 0.6 is 0 Å². The molecule has 0 bridgehead atoms. The summed E-state index contributed by atoms with van der Waals surface area (Å²) in [5.74, 6) is -0.830. The molecule has 0 atom stereocenters. The number of carbonyl (C=O) groups is 2. The fourth-order valence-corrected chi connectivity index (χ4v) is 2.43. The van der Waals surface area contributed by atoms with Gasteiger partial charge in [-0.05, 0) is 6.42 Å². The third-order valence-electron chi connectivity index (χ3n) is 3.85. The maximum atomic E-state index is 11.7. The van der Waals surface area contributed by atoms with Crippen molar-refractivity contribution in [1.82, 2.24) is 4.98 Å². The fourth-order valence-electron chi connectivity index (χ4n) is 2.43. The standard InChI is InChI=1S/C19H29NO5/c1-4-5-6-7-8-9-10-11-12-25-15-13-16(18(21)23-2)20-17(14-15)19(22)24-3/h13-14H,4-12H2,1-3H3. The van der Waals surface area contributed by atoms with Crippen LogP contribution in [0.3, 0.4) is 0 Å².